The first kappa shape index (κ1) is 12.7. The Balaban J connectivity index is 2.55. The van der Waals surface area contributed by atoms with Gasteiger partial charge in [-0.2, -0.15) is 0 Å². The van der Waals surface area contributed by atoms with Crippen LogP contribution >= 0.6 is 0 Å². The standard InChI is InChI=1S/C12H18N2O2/c1-12(2,14)8-16-7-9-4-3-5-10(6-9)11(13)15/h3-6H,7-8,14H2,1-2H3,(H2,13,15). The summed E-state index contributed by atoms with van der Waals surface area (Å²) in [5.74, 6) is -0.430. The fraction of sp³-hybridized carbons (Fsp3) is 0.417. The van der Waals surface area contributed by atoms with Gasteiger partial charge in [0.2, 0.25) is 5.91 Å². The molecule has 0 spiro atoms. The van der Waals surface area contributed by atoms with Gasteiger partial charge in [0.15, 0.2) is 0 Å². The molecule has 16 heavy (non-hydrogen) atoms. The van der Waals surface area contributed by atoms with E-state index in [2.05, 4.69) is 0 Å². The Labute approximate surface area is 95.6 Å². The fourth-order valence-corrected chi connectivity index (χ4v) is 1.25. The lowest BCUT2D eigenvalue weighted by molar-refractivity contribution is 0.0849. The van der Waals surface area contributed by atoms with E-state index >= 15 is 0 Å². The van der Waals surface area contributed by atoms with Crippen LogP contribution in [0.3, 0.4) is 0 Å². The van der Waals surface area contributed by atoms with E-state index in [4.69, 9.17) is 16.2 Å². The minimum absolute atomic E-state index is 0.346. The summed E-state index contributed by atoms with van der Waals surface area (Å²) in [6.45, 7) is 4.69. The largest absolute Gasteiger partial charge is 0.375 e. The minimum Gasteiger partial charge on any atom is -0.375 e. The monoisotopic (exact) mass is 222 g/mol. The predicted molar refractivity (Wildman–Crippen MR) is 62.9 cm³/mol. The molecule has 0 aliphatic heterocycles. The van der Waals surface area contributed by atoms with Crippen molar-refractivity contribution >= 4 is 5.91 Å². The number of carbonyl (C=O) groups is 1. The summed E-state index contributed by atoms with van der Waals surface area (Å²) in [5, 5.41) is 0. The Kier molecular flexibility index (Phi) is 4.04. The predicted octanol–water partition coefficient (Wildman–Crippen LogP) is 1.04. The van der Waals surface area contributed by atoms with Gasteiger partial charge in [0.1, 0.15) is 0 Å². The molecular formula is C12H18N2O2. The van der Waals surface area contributed by atoms with Crippen molar-refractivity contribution in [2.24, 2.45) is 11.5 Å². The van der Waals surface area contributed by atoms with Crippen molar-refractivity contribution in [1.82, 2.24) is 0 Å². The second-order valence-electron chi connectivity index (χ2n) is 4.55. The van der Waals surface area contributed by atoms with E-state index in [0.717, 1.165) is 5.56 Å². The van der Waals surface area contributed by atoms with Gasteiger partial charge in [0.05, 0.1) is 13.2 Å². The molecule has 4 heteroatoms. The average molecular weight is 222 g/mol. The van der Waals surface area contributed by atoms with Crippen LogP contribution in [0.15, 0.2) is 24.3 Å². The number of rotatable bonds is 5. The van der Waals surface area contributed by atoms with Crippen LogP contribution in [0.2, 0.25) is 0 Å². The molecule has 0 atom stereocenters. The summed E-state index contributed by atoms with van der Waals surface area (Å²) < 4.78 is 5.44. The van der Waals surface area contributed by atoms with Crippen LogP contribution in [-0.2, 0) is 11.3 Å². The zero-order chi connectivity index (χ0) is 12.2. The molecule has 1 amide bonds. The van der Waals surface area contributed by atoms with Crippen molar-refractivity contribution in [1.29, 1.82) is 0 Å². The Morgan fingerprint density at radius 3 is 2.69 bits per heavy atom. The Bertz CT molecular complexity index is 370. The number of benzene rings is 1. The molecule has 0 radical (unpaired) electrons. The number of amides is 1. The highest BCUT2D eigenvalue weighted by atomic mass is 16.5. The number of hydrogen-bond donors (Lipinski definition) is 2. The maximum absolute atomic E-state index is 10.9. The lowest BCUT2D eigenvalue weighted by atomic mass is 10.1. The molecule has 0 saturated heterocycles. The van der Waals surface area contributed by atoms with Gasteiger partial charge in [-0.25, -0.2) is 0 Å². The van der Waals surface area contributed by atoms with Crippen LogP contribution in [0.25, 0.3) is 0 Å². The van der Waals surface area contributed by atoms with E-state index in [1.54, 1.807) is 18.2 Å². The third-order valence-electron chi connectivity index (χ3n) is 1.95. The summed E-state index contributed by atoms with van der Waals surface area (Å²) in [4.78, 5) is 10.9. The van der Waals surface area contributed by atoms with E-state index < -0.39 is 5.91 Å². The normalized spacial score (nSPS) is 11.4. The zero-order valence-electron chi connectivity index (χ0n) is 9.69. The number of ether oxygens (including phenoxy) is 1. The summed E-state index contributed by atoms with van der Waals surface area (Å²) in [5.41, 5.74) is 12.0. The van der Waals surface area contributed by atoms with Crippen molar-refractivity contribution in [2.75, 3.05) is 6.61 Å². The molecule has 1 rings (SSSR count). The topological polar surface area (TPSA) is 78.3 Å². The van der Waals surface area contributed by atoms with E-state index in [1.165, 1.54) is 0 Å². The van der Waals surface area contributed by atoms with Crippen LogP contribution in [-0.4, -0.2) is 18.1 Å². The molecule has 0 heterocycles. The first-order valence-electron chi connectivity index (χ1n) is 5.14. The maximum Gasteiger partial charge on any atom is 0.248 e. The summed E-state index contributed by atoms with van der Waals surface area (Å²) in [7, 11) is 0. The Morgan fingerprint density at radius 1 is 1.44 bits per heavy atom. The van der Waals surface area contributed by atoms with Gasteiger partial charge in [-0.05, 0) is 31.5 Å². The molecule has 0 aliphatic carbocycles. The van der Waals surface area contributed by atoms with Crippen molar-refractivity contribution in [3.05, 3.63) is 35.4 Å². The molecule has 0 fully saturated rings. The SMILES string of the molecule is CC(C)(N)COCc1cccc(C(N)=O)c1. The van der Waals surface area contributed by atoms with Gasteiger partial charge in [0, 0.05) is 11.1 Å². The first-order valence-corrected chi connectivity index (χ1v) is 5.14. The van der Waals surface area contributed by atoms with Gasteiger partial charge in [-0.3, -0.25) is 4.79 Å². The molecule has 1 aromatic rings. The highest BCUT2D eigenvalue weighted by Gasteiger charge is 2.10. The second kappa shape index (κ2) is 5.09. The highest BCUT2D eigenvalue weighted by molar-refractivity contribution is 5.92. The molecule has 1 aromatic carbocycles. The molecule has 4 N–H and O–H groups in total. The third-order valence-corrected chi connectivity index (χ3v) is 1.95. The molecular weight excluding hydrogens is 204 g/mol. The second-order valence-corrected chi connectivity index (χ2v) is 4.55. The van der Waals surface area contributed by atoms with Crippen molar-refractivity contribution in [3.63, 3.8) is 0 Å². The minimum atomic E-state index is -0.430. The summed E-state index contributed by atoms with van der Waals surface area (Å²) >= 11 is 0. The van der Waals surface area contributed by atoms with Crippen molar-refractivity contribution in [3.8, 4) is 0 Å². The molecule has 88 valence electrons. The molecule has 0 aromatic heterocycles. The summed E-state index contributed by atoms with van der Waals surface area (Å²) in [6.07, 6.45) is 0. The molecule has 0 bridgehead atoms. The van der Waals surface area contributed by atoms with Crippen LogP contribution in [0.1, 0.15) is 29.8 Å². The molecule has 4 nitrogen and oxygen atoms in total. The van der Waals surface area contributed by atoms with Gasteiger partial charge in [0.25, 0.3) is 0 Å². The smallest absolute Gasteiger partial charge is 0.248 e. The van der Waals surface area contributed by atoms with Crippen LogP contribution in [0.4, 0.5) is 0 Å². The maximum atomic E-state index is 10.9. The van der Waals surface area contributed by atoms with Gasteiger partial charge in [-0.1, -0.05) is 12.1 Å². The molecule has 0 unspecified atom stereocenters. The van der Waals surface area contributed by atoms with Crippen LogP contribution < -0.4 is 11.5 Å². The van der Waals surface area contributed by atoms with Gasteiger partial charge >= 0.3 is 0 Å². The lowest BCUT2D eigenvalue weighted by Gasteiger charge is -2.18. The van der Waals surface area contributed by atoms with Crippen molar-refractivity contribution < 1.29 is 9.53 Å². The fourth-order valence-electron chi connectivity index (χ4n) is 1.25. The van der Waals surface area contributed by atoms with E-state index in [0.29, 0.717) is 18.8 Å². The van der Waals surface area contributed by atoms with E-state index in [1.807, 2.05) is 19.9 Å². The Hall–Kier alpha value is -1.39. The van der Waals surface area contributed by atoms with E-state index in [-0.39, 0.29) is 5.54 Å². The highest BCUT2D eigenvalue weighted by Crippen LogP contribution is 2.07. The first-order chi connectivity index (χ1) is 7.38. The molecule has 0 aliphatic rings. The number of hydrogen-bond acceptors (Lipinski definition) is 3. The third kappa shape index (κ3) is 4.42. The summed E-state index contributed by atoms with van der Waals surface area (Å²) in [6, 6.07) is 7.08. The van der Waals surface area contributed by atoms with Crippen molar-refractivity contribution in [2.45, 2.75) is 26.0 Å². The Morgan fingerprint density at radius 2 is 2.12 bits per heavy atom. The van der Waals surface area contributed by atoms with Crippen LogP contribution in [0, 0.1) is 0 Å². The quantitative estimate of drug-likeness (QED) is 0.781. The molecule has 0 saturated carbocycles. The zero-order valence-corrected chi connectivity index (χ0v) is 9.69. The lowest BCUT2D eigenvalue weighted by Crippen LogP contribution is -2.37. The average Bonchev–Trinajstić information content (AvgIpc) is 2.16. The van der Waals surface area contributed by atoms with Gasteiger partial charge in [-0.15, -0.1) is 0 Å². The van der Waals surface area contributed by atoms with E-state index in [9.17, 15) is 4.79 Å². The van der Waals surface area contributed by atoms with Gasteiger partial charge < -0.3 is 16.2 Å². The number of nitrogens with two attached hydrogens (primary N) is 2. The number of carbonyl (C=O) groups excluding carboxylic acids is 1. The van der Waals surface area contributed by atoms with Crippen LogP contribution in [0.5, 0.6) is 0 Å². The number of primary amides is 1.